The number of hydrogen-bond donors (Lipinski definition) is 1. The van der Waals surface area contributed by atoms with Gasteiger partial charge in [0.05, 0.1) is 16.6 Å². The van der Waals surface area contributed by atoms with Crippen molar-refractivity contribution in [3.8, 4) is 0 Å². The standard InChI is InChI=1S/C25H22N2O2S/c1-18(20-12-6-3-7-13-20)26-24(28)17-27-21-14-8-9-15-22(21)30-23(25(27)29)16-19-10-4-2-5-11-19/h2-16,18H,17H2,1H3,(H,26,28)/b23-16-. The summed E-state index contributed by atoms with van der Waals surface area (Å²) in [7, 11) is 0. The molecule has 1 N–H and O–H groups in total. The van der Waals surface area contributed by atoms with Crippen LogP contribution in [0.25, 0.3) is 6.08 Å². The molecule has 3 aromatic carbocycles. The van der Waals surface area contributed by atoms with Crippen LogP contribution in [0.4, 0.5) is 5.69 Å². The first-order valence-electron chi connectivity index (χ1n) is 9.81. The molecule has 0 saturated carbocycles. The highest BCUT2D eigenvalue weighted by atomic mass is 32.2. The first-order chi connectivity index (χ1) is 14.6. The fraction of sp³-hybridized carbons (Fsp3) is 0.120. The zero-order valence-corrected chi connectivity index (χ0v) is 17.4. The maximum atomic E-state index is 13.2. The smallest absolute Gasteiger partial charge is 0.265 e. The number of carbonyl (C=O) groups is 2. The summed E-state index contributed by atoms with van der Waals surface area (Å²) in [6.45, 7) is 1.91. The zero-order valence-electron chi connectivity index (χ0n) is 16.6. The van der Waals surface area contributed by atoms with Crippen molar-refractivity contribution in [3.63, 3.8) is 0 Å². The third-order valence-corrected chi connectivity index (χ3v) is 5.99. The number of rotatable bonds is 5. The van der Waals surface area contributed by atoms with Crippen LogP contribution in [0.3, 0.4) is 0 Å². The van der Waals surface area contributed by atoms with Gasteiger partial charge in [-0.3, -0.25) is 14.5 Å². The van der Waals surface area contributed by atoms with Crippen LogP contribution in [-0.4, -0.2) is 18.4 Å². The van der Waals surface area contributed by atoms with Gasteiger partial charge in [-0.05, 0) is 36.3 Å². The van der Waals surface area contributed by atoms with E-state index in [1.54, 1.807) is 4.90 Å². The highest BCUT2D eigenvalue weighted by Crippen LogP contribution is 2.41. The molecule has 0 saturated heterocycles. The first-order valence-corrected chi connectivity index (χ1v) is 10.6. The van der Waals surface area contributed by atoms with Gasteiger partial charge in [0, 0.05) is 4.90 Å². The van der Waals surface area contributed by atoms with Gasteiger partial charge in [-0.15, -0.1) is 0 Å². The summed E-state index contributed by atoms with van der Waals surface area (Å²) < 4.78 is 0. The Morgan fingerprint density at radius 3 is 2.33 bits per heavy atom. The number of benzene rings is 3. The minimum absolute atomic E-state index is 0.0281. The predicted octanol–water partition coefficient (Wildman–Crippen LogP) is 5.04. The Balaban J connectivity index is 1.57. The van der Waals surface area contributed by atoms with Crippen LogP contribution in [0.1, 0.15) is 24.1 Å². The van der Waals surface area contributed by atoms with E-state index in [1.807, 2.05) is 97.9 Å². The molecule has 0 bridgehead atoms. The van der Waals surface area contributed by atoms with Gasteiger partial charge in [0.2, 0.25) is 5.91 Å². The number of fused-ring (bicyclic) bond motifs is 1. The molecule has 0 radical (unpaired) electrons. The Hall–Kier alpha value is -3.31. The van der Waals surface area contributed by atoms with Crippen molar-refractivity contribution in [1.29, 1.82) is 0 Å². The van der Waals surface area contributed by atoms with E-state index in [0.29, 0.717) is 4.91 Å². The Bertz CT molecular complexity index is 1080. The molecule has 1 unspecified atom stereocenters. The normalized spacial score (nSPS) is 15.6. The highest BCUT2D eigenvalue weighted by molar-refractivity contribution is 8.04. The minimum atomic E-state index is -0.194. The van der Waals surface area contributed by atoms with Crippen molar-refractivity contribution in [3.05, 3.63) is 101 Å². The molecule has 0 aliphatic carbocycles. The number of hydrogen-bond acceptors (Lipinski definition) is 3. The van der Waals surface area contributed by atoms with Gasteiger partial charge >= 0.3 is 0 Å². The second-order valence-electron chi connectivity index (χ2n) is 7.08. The molecular weight excluding hydrogens is 392 g/mol. The van der Waals surface area contributed by atoms with E-state index in [1.165, 1.54) is 11.8 Å². The number of amides is 2. The molecule has 4 nitrogen and oxygen atoms in total. The van der Waals surface area contributed by atoms with E-state index in [0.717, 1.165) is 21.7 Å². The molecule has 3 aromatic rings. The summed E-state index contributed by atoms with van der Waals surface area (Å²) in [4.78, 5) is 29.1. The van der Waals surface area contributed by atoms with E-state index in [2.05, 4.69) is 5.32 Å². The molecule has 150 valence electrons. The third-order valence-electron chi connectivity index (χ3n) is 4.91. The fourth-order valence-corrected chi connectivity index (χ4v) is 4.43. The van der Waals surface area contributed by atoms with Crippen molar-refractivity contribution in [1.82, 2.24) is 5.32 Å². The van der Waals surface area contributed by atoms with Crippen molar-refractivity contribution >= 4 is 35.3 Å². The molecule has 5 heteroatoms. The molecule has 0 spiro atoms. The minimum Gasteiger partial charge on any atom is -0.348 e. The maximum Gasteiger partial charge on any atom is 0.265 e. The van der Waals surface area contributed by atoms with E-state index >= 15 is 0 Å². The van der Waals surface area contributed by atoms with Crippen LogP contribution in [0, 0.1) is 0 Å². The molecule has 1 atom stereocenters. The second kappa shape index (κ2) is 9.01. The number of carbonyl (C=O) groups excluding carboxylic acids is 2. The molecule has 2 amide bonds. The van der Waals surface area contributed by atoms with E-state index in [9.17, 15) is 9.59 Å². The Morgan fingerprint density at radius 1 is 0.967 bits per heavy atom. The molecule has 0 aromatic heterocycles. The summed E-state index contributed by atoms with van der Waals surface area (Å²) in [5.74, 6) is -0.356. The Labute approximate surface area is 180 Å². The van der Waals surface area contributed by atoms with Crippen molar-refractivity contribution in [2.24, 2.45) is 0 Å². The number of nitrogens with zero attached hydrogens (tertiary/aromatic N) is 1. The predicted molar refractivity (Wildman–Crippen MR) is 122 cm³/mol. The highest BCUT2D eigenvalue weighted by Gasteiger charge is 2.30. The summed E-state index contributed by atoms with van der Waals surface area (Å²) in [5, 5.41) is 3.00. The SMILES string of the molecule is CC(NC(=O)CN1C(=O)/C(=C/c2ccccc2)Sc2ccccc21)c1ccccc1. The molecule has 1 aliphatic rings. The lowest BCUT2D eigenvalue weighted by molar-refractivity contribution is -0.122. The quantitative estimate of drug-likeness (QED) is 0.595. The van der Waals surface area contributed by atoms with Gasteiger partial charge in [0.1, 0.15) is 6.54 Å². The van der Waals surface area contributed by atoms with Gasteiger partial charge < -0.3 is 5.32 Å². The Morgan fingerprint density at radius 2 is 1.60 bits per heavy atom. The van der Waals surface area contributed by atoms with Crippen LogP contribution in [-0.2, 0) is 9.59 Å². The molecular formula is C25H22N2O2S. The van der Waals surface area contributed by atoms with Crippen molar-refractivity contribution < 1.29 is 9.59 Å². The van der Waals surface area contributed by atoms with Crippen molar-refractivity contribution in [2.75, 3.05) is 11.4 Å². The van der Waals surface area contributed by atoms with Crippen molar-refractivity contribution in [2.45, 2.75) is 17.9 Å². The monoisotopic (exact) mass is 414 g/mol. The van der Waals surface area contributed by atoms with Crippen LogP contribution in [0.15, 0.2) is 94.7 Å². The number of nitrogens with one attached hydrogen (secondary N) is 1. The maximum absolute atomic E-state index is 13.2. The lowest BCUT2D eigenvalue weighted by atomic mass is 10.1. The second-order valence-corrected chi connectivity index (χ2v) is 8.16. The first kappa shape index (κ1) is 20.0. The molecule has 30 heavy (non-hydrogen) atoms. The molecule has 0 fully saturated rings. The third kappa shape index (κ3) is 4.47. The van der Waals surface area contributed by atoms with Crippen LogP contribution in [0.2, 0.25) is 0 Å². The van der Waals surface area contributed by atoms with Gasteiger partial charge in [0.25, 0.3) is 5.91 Å². The van der Waals surface area contributed by atoms with Gasteiger partial charge in [0.15, 0.2) is 0 Å². The fourth-order valence-electron chi connectivity index (χ4n) is 3.38. The van der Waals surface area contributed by atoms with Gasteiger partial charge in [-0.1, -0.05) is 84.6 Å². The zero-order chi connectivity index (χ0) is 20.9. The molecule has 1 aliphatic heterocycles. The van der Waals surface area contributed by atoms with Crippen LogP contribution in [0.5, 0.6) is 0 Å². The summed E-state index contributed by atoms with van der Waals surface area (Å²) in [6.07, 6.45) is 1.88. The average Bonchev–Trinajstić information content (AvgIpc) is 2.78. The summed E-state index contributed by atoms with van der Waals surface area (Å²) >= 11 is 1.44. The number of para-hydroxylation sites is 1. The van der Waals surface area contributed by atoms with Crippen LogP contribution >= 0.6 is 11.8 Å². The summed E-state index contributed by atoms with van der Waals surface area (Å²) in [6, 6.07) is 27.1. The summed E-state index contributed by atoms with van der Waals surface area (Å²) in [5.41, 5.74) is 2.74. The average molecular weight is 415 g/mol. The Kier molecular flexibility index (Phi) is 6.00. The molecule has 4 rings (SSSR count). The van der Waals surface area contributed by atoms with E-state index in [-0.39, 0.29) is 24.4 Å². The number of thioether (sulfide) groups is 1. The van der Waals surface area contributed by atoms with Gasteiger partial charge in [-0.2, -0.15) is 0 Å². The number of anilines is 1. The van der Waals surface area contributed by atoms with E-state index < -0.39 is 0 Å². The lowest BCUT2D eigenvalue weighted by Crippen LogP contribution is -2.43. The largest absolute Gasteiger partial charge is 0.348 e. The van der Waals surface area contributed by atoms with Crippen LogP contribution < -0.4 is 10.2 Å². The topological polar surface area (TPSA) is 49.4 Å². The van der Waals surface area contributed by atoms with E-state index in [4.69, 9.17) is 0 Å². The lowest BCUT2D eigenvalue weighted by Gasteiger charge is -2.30. The molecule has 1 heterocycles. The van der Waals surface area contributed by atoms with Gasteiger partial charge in [-0.25, -0.2) is 0 Å².